The molecule has 0 aromatic heterocycles. The summed E-state index contributed by atoms with van der Waals surface area (Å²) >= 11 is 0. The number of nitrogens with two attached hydrogens (primary N) is 4. The fourth-order valence-electron chi connectivity index (χ4n) is 4.39. The topological polar surface area (TPSA) is 332 Å². The molecule has 0 aromatic carbocycles. The van der Waals surface area contributed by atoms with Crippen LogP contribution in [0.15, 0.2) is 0 Å². The van der Waals surface area contributed by atoms with Crippen molar-refractivity contribution in [1.29, 1.82) is 0 Å². The first-order valence-electron chi connectivity index (χ1n) is 14.1. The molecule has 1 heterocycles. The predicted octanol–water partition coefficient (Wildman–Crippen LogP) is -5.78. The number of aliphatic carboxylic acids is 1. The molecule has 5 atom stereocenters. The Kier molecular flexibility index (Phi) is 16.3. The van der Waals surface area contributed by atoms with Crippen LogP contribution in [-0.2, 0) is 38.4 Å². The summed E-state index contributed by atoms with van der Waals surface area (Å²) in [6, 6.07) is -6.60. The van der Waals surface area contributed by atoms with Gasteiger partial charge in [0.25, 0.3) is 0 Å². The third-order valence-electron chi connectivity index (χ3n) is 6.71. The lowest BCUT2D eigenvalue weighted by Crippen LogP contribution is -2.58. The van der Waals surface area contributed by atoms with E-state index in [1.165, 1.54) is 0 Å². The Balaban J connectivity index is 2.96. The van der Waals surface area contributed by atoms with Crippen molar-refractivity contribution < 1.29 is 48.6 Å². The summed E-state index contributed by atoms with van der Waals surface area (Å²) in [4.78, 5) is 99.4. The number of carbonyl (C=O) groups excluding carboxylic acids is 7. The Morgan fingerprint density at radius 2 is 1.55 bits per heavy atom. The predicted molar refractivity (Wildman–Crippen MR) is 151 cm³/mol. The molecule has 0 aromatic rings. The summed E-state index contributed by atoms with van der Waals surface area (Å²) in [5.41, 5.74) is 21.4. The van der Waals surface area contributed by atoms with Gasteiger partial charge in [-0.15, -0.1) is 0 Å². The average molecular weight is 630 g/mol. The number of hydrogen-bond acceptors (Lipinski definition) is 11. The number of aliphatic hydroxyl groups excluding tert-OH is 1. The zero-order valence-corrected chi connectivity index (χ0v) is 24.3. The fourth-order valence-corrected chi connectivity index (χ4v) is 4.39. The highest BCUT2D eigenvalue weighted by Crippen LogP contribution is 2.18. The van der Waals surface area contributed by atoms with Crippen LogP contribution in [0.4, 0.5) is 0 Å². The first kappa shape index (κ1) is 37.7. The number of rotatable bonds is 20. The first-order chi connectivity index (χ1) is 20.7. The molecular weight excluding hydrogens is 586 g/mol. The number of likely N-dealkylation sites (tertiary alicyclic amines) is 1. The van der Waals surface area contributed by atoms with Crippen molar-refractivity contribution in [2.75, 3.05) is 26.2 Å². The molecule has 0 saturated carbocycles. The molecule has 1 saturated heterocycles. The number of amides is 7. The largest absolute Gasteiger partial charge is 0.480 e. The van der Waals surface area contributed by atoms with E-state index >= 15 is 0 Å². The fraction of sp³-hybridized carbons (Fsp3) is 0.680. The Hall–Kier alpha value is -4.36. The lowest BCUT2D eigenvalue weighted by Gasteiger charge is -2.28. The van der Waals surface area contributed by atoms with Gasteiger partial charge in [0, 0.05) is 13.0 Å². The molecule has 7 amide bonds. The summed E-state index contributed by atoms with van der Waals surface area (Å²) in [7, 11) is 0. The van der Waals surface area contributed by atoms with E-state index in [2.05, 4.69) is 21.3 Å². The maximum Gasteiger partial charge on any atom is 0.326 e. The summed E-state index contributed by atoms with van der Waals surface area (Å²) < 4.78 is 0. The van der Waals surface area contributed by atoms with E-state index in [0.717, 1.165) is 4.90 Å². The molecule has 44 heavy (non-hydrogen) atoms. The van der Waals surface area contributed by atoms with E-state index in [1.54, 1.807) is 0 Å². The lowest BCUT2D eigenvalue weighted by molar-refractivity contribution is -0.142. The van der Waals surface area contributed by atoms with Crippen LogP contribution in [0.1, 0.15) is 51.4 Å². The maximum atomic E-state index is 13.1. The van der Waals surface area contributed by atoms with Crippen molar-refractivity contribution in [3.63, 3.8) is 0 Å². The Labute approximate surface area is 253 Å². The SMILES string of the molecule is NCCCC[C@H](NC(=O)CNC(=O)[C@H](CCC(N)=O)NC(=O)[C@H](CC(N)=O)NC(=O)[C@@H]1CCCN1C(=O)[C@H](N)CO)C(=O)O. The van der Waals surface area contributed by atoms with E-state index in [0.29, 0.717) is 25.8 Å². The molecule has 1 aliphatic heterocycles. The highest BCUT2D eigenvalue weighted by molar-refractivity contribution is 5.97. The standard InChI is InChI=1S/C25H43N9O10/c26-8-2-1-4-15(25(43)44)31-20(38)11-30-21(39)14(6-7-18(28)36)32-22(40)16(10-19(29)37)33-23(41)17-5-3-9-34(17)24(42)13(27)12-35/h13-17,35H,1-12,26-27H2,(H2,28,36)(H2,29,37)(H,30,39)(H,31,38)(H,32,40)(H,33,41)(H,43,44)/t13-,14+,15+,16+,17+/m1/s1. The number of aliphatic hydroxyl groups is 1. The molecule has 0 unspecified atom stereocenters. The van der Waals surface area contributed by atoms with Crippen LogP contribution in [0.3, 0.4) is 0 Å². The first-order valence-corrected chi connectivity index (χ1v) is 14.1. The van der Waals surface area contributed by atoms with Crippen molar-refractivity contribution >= 4 is 47.3 Å². The molecule has 1 fully saturated rings. The monoisotopic (exact) mass is 629 g/mol. The quantitative estimate of drug-likeness (QED) is 0.0563. The molecule has 19 heteroatoms. The molecule has 14 N–H and O–H groups in total. The van der Waals surface area contributed by atoms with Crippen molar-refractivity contribution in [3.05, 3.63) is 0 Å². The number of carboxylic acids is 1. The van der Waals surface area contributed by atoms with Gasteiger partial charge in [-0.1, -0.05) is 0 Å². The highest BCUT2D eigenvalue weighted by Gasteiger charge is 2.38. The van der Waals surface area contributed by atoms with E-state index in [4.69, 9.17) is 22.9 Å². The maximum absolute atomic E-state index is 13.1. The second kappa shape index (κ2) is 19.0. The van der Waals surface area contributed by atoms with Crippen LogP contribution in [0.2, 0.25) is 0 Å². The van der Waals surface area contributed by atoms with Gasteiger partial charge < -0.3 is 59.3 Å². The normalized spacial score (nSPS) is 17.0. The van der Waals surface area contributed by atoms with Gasteiger partial charge >= 0.3 is 5.97 Å². The average Bonchev–Trinajstić information content (AvgIpc) is 3.46. The molecule has 0 radical (unpaired) electrons. The van der Waals surface area contributed by atoms with E-state index in [-0.39, 0.29) is 32.2 Å². The van der Waals surface area contributed by atoms with E-state index < -0.39 is 97.1 Å². The summed E-state index contributed by atoms with van der Waals surface area (Å²) in [5.74, 6) is -7.40. The van der Waals surface area contributed by atoms with Gasteiger partial charge in [-0.2, -0.15) is 0 Å². The third-order valence-corrected chi connectivity index (χ3v) is 6.71. The van der Waals surface area contributed by atoms with Gasteiger partial charge in [-0.25, -0.2) is 4.79 Å². The van der Waals surface area contributed by atoms with Crippen molar-refractivity contribution in [2.24, 2.45) is 22.9 Å². The second-order valence-electron chi connectivity index (χ2n) is 10.2. The van der Waals surface area contributed by atoms with Gasteiger partial charge in [0.2, 0.25) is 41.4 Å². The highest BCUT2D eigenvalue weighted by atomic mass is 16.4. The Bertz CT molecular complexity index is 1070. The molecule has 0 bridgehead atoms. The molecule has 1 rings (SSSR count). The van der Waals surface area contributed by atoms with Crippen LogP contribution in [0, 0.1) is 0 Å². The van der Waals surface area contributed by atoms with Crippen LogP contribution in [0.5, 0.6) is 0 Å². The van der Waals surface area contributed by atoms with Crippen molar-refractivity contribution in [1.82, 2.24) is 26.2 Å². The number of carboxylic acid groups (broad SMARTS) is 1. The van der Waals surface area contributed by atoms with Gasteiger partial charge in [-0.3, -0.25) is 33.6 Å². The number of nitrogens with zero attached hydrogens (tertiary/aromatic N) is 1. The number of unbranched alkanes of at least 4 members (excludes halogenated alkanes) is 1. The number of primary amides is 2. The van der Waals surface area contributed by atoms with Crippen LogP contribution in [-0.4, -0.2) is 119 Å². The van der Waals surface area contributed by atoms with E-state index in [1.807, 2.05) is 0 Å². The molecule has 0 spiro atoms. The van der Waals surface area contributed by atoms with E-state index in [9.17, 15) is 48.6 Å². The van der Waals surface area contributed by atoms with Crippen LogP contribution < -0.4 is 44.2 Å². The molecule has 248 valence electrons. The van der Waals surface area contributed by atoms with Crippen LogP contribution in [0.25, 0.3) is 0 Å². The number of carbonyl (C=O) groups is 8. The minimum Gasteiger partial charge on any atom is -0.480 e. The zero-order chi connectivity index (χ0) is 33.4. The lowest BCUT2D eigenvalue weighted by atomic mass is 10.1. The van der Waals surface area contributed by atoms with Crippen LogP contribution >= 0.6 is 0 Å². The molecular formula is C25H43N9O10. The zero-order valence-electron chi connectivity index (χ0n) is 24.3. The minimum atomic E-state index is -1.60. The summed E-state index contributed by atoms with van der Waals surface area (Å²) in [6.07, 6.45) is 0.343. The van der Waals surface area contributed by atoms with Crippen molar-refractivity contribution in [2.45, 2.75) is 81.6 Å². The summed E-state index contributed by atoms with van der Waals surface area (Å²) in [5, 5.41) is 27.7. The van der Waals surface area contributed by atoms with Gasteiger partial charge in [0.15, 0.2) is 0 Å². The molecule has 19 nitrogen and oxygen atoms in total. The minimum absolute atomic E-state index is 0.109. The molecule has 0 aliphatic carbocycles. The summed E-state index contributed by atoms with van der Waals surface area (Å²) in [6.45, 7) is -0.814. The Morgan fingerprint density at radius 1 is 0.864 bits per heavy atom. The van der Waals surface area contributed by atoms with Gasteiger partial charge in [0.05, 0.1) is 19.6 Å². The van der Waals surface area contributed by atoms with Gasteiger partial charge in [0.1, 0.15) is 30.2 Å². The number of nitrogens with one attached hydrogen (secondary N) is 4. The smallest absolute Gasteiger partial charge is 0.326 e. The number of hydrogen-bond donors (Lipinski definition) is 10. The molecule has 1 aliphatic rings. The Morgan fingerprint density at radius 3 is 2.11 bits per heavy atom. The van der Waals surface area contributed by atoms with Crippen molar-refractivity contribution in [3.8, 4) is 0 Å². The second-order valence-corrected chi connectivity index (χ2v) is 10.2. The van der Waals surface area contributed by atoms with Gasteiger partial charge in [-0.05, 0) is 45.1 Å². The third kappa shape index (κ3) is 12.9.